The van der Waals surface area contributed by atoms with Crippen LogP contribution in [0.3, 0.4) is 0 Å². The topological polar surface area (TPSA) is 41.8 Å². The molecular formula is C16H28N2. The molecule has 18 heavy (non-hydrogen) atoms. The van der Waals surface area contributed by atoms with Gasteiger partial charge in [-0.15, -0.1) is 0 Å². The van der Waals surface area contributed by atoms with E-state index in [1.165, 1.54) is 29.3 Å². The summed E-state index contributed by atoms with van der Waals surface area (Å²) in [5, 5.41) is 1.37. The Kier molecular flexibility index (Phi) is 10.1. The van der Waals surface area contributed by atoms with Crippen molar-refractivity contribution in [1.82, 2.24) is 4.98 Å². The number of fused-ring (bicyclic) bond motifs is 1. The van der Waals surface area contributed by atoms with Crippen LogP contribution in [0.1, 0.15) is 46.1 Å². The number of aromatic amines is 1. The summed E-state index contributed by atoms with van der Waals surface area (Å²) in [4.78, 5) is 3.27. The first-order valence-electron chi connectivity index (χ1n) is 7.08. The Hall–Kier alpha value is -1.28. The normalized spacial score (nSPS) is 9.17. The molecule has 0 fully saturated rings. The molecule has 0 amide bonds. The van der Waals surface area contributed by atoms with Crippen LogP contribution in [0.25, 0.3) is 10.9 Å². The van der Waals surface area contributed by atoms with Crippen LogP contribution < -0.4 is 5.73 Å². The Morgan fingerprint density at radius 2 is 1.67 bits per heavy atom. The van der Waals surface area contributed by atoms with Crippen molar-refractivity contribution in [1.29, 1.82) is 0 Å². The van der Waals surface area contributed by atoms with Crippen molar-refractivity contribution in [2.45, 2.75) is 47.0 Å². The smallest absolute Gasteiger partial charge is 0.0456 e. The third-order valence-corrected chi connectivity index (χ3v) is 2.48. The predicted molar refractivity (Wildman–Crippen MR) is 83.0 cm³/mol. The molecule has 0 aliphatic carbocycles. The van der Waals surface area contributed by atoms with E-state index in [2.05, 4.69) is 49.3 Å². The van der Waals surface area contributed by atoms with E-state index in [9.17, 15) is 0 Å². The Balaban J connectivity index is 0.000000415. The maximum Gasteiger partial charge on any atom is 0.0456 e. The Bertz CT molecular complexity index is 402. The molecule has 2 rings (SSSR count). The van der Waals surface area contributed by atoms with E-state index in [-0.39, 0.29) is 0 Å². The molecule has 0 spiro atoms. The number of hydrogen-bond donors (Lipinski definition) is 2. The molecule has 0 unspecified atom stereocenters. The Morgan fingerprint density at radius 1 is 1.06 bits per heavy atom. The van der Waals surface area contributed by atoms with Crippen molar-refractivity contribution in [3.8, 4) is 0 Å². The Morgan fingerprint density at radius 3 is 2.22 bits per heavy atom. The van der Waals surface area contributed by atoms with Gasteiger partial charge in [-0.1, -0.05) is 52.3 Å². The SMILES string of the molecule is CC.CCCN.CCCc1c[nH]c2ccccc12. The monoisotopic (exact) mass is 248 g/mol. The fourth-order valence-corrected chi connectivity index (χ4v) is 1.61. The van der Waals surface area contributed by atoms with Gasteiger partial charge >= 0.3 is 0 Å². The molecule has 0 saturated carbocycles. The highest BCUT2D eigenvalue weighted by atomic mass is 14.7. The first kappa shape index (κ1) is 16.7. The predicted octanol–water partition coefficient (Wildman–Crippen LogP) is 4.50. The van der Waals surface area contributed by atoms with Gasteiger partial charge < -0.3 is 10.7 Å². The number of hydrogen-bond acceptors (Lipinski definition) is 1. The zero-order chi connectivity index (χ0) is 13.8. The highest BCUT2D eigenvalue weighted by Gasteiger charge is 1.99. The maximum absolute atomic E-state index is 5.03. The van der Waals surface area contributed by atoms with Gasteiger partial charge in [0, 0.05) is 17.1 Å². The van der Waals surface area contributed by atoms with Crippen molar-refractivity contribution in [2.24, 2.45) is 5.73 Å². The lowest BCUT2D eigenvalue weighted by atomic mass is 10.1. The van der Waals surface area contributed by atoms with Crippen molar-refractivity contribution >= 4 is 10.9 Å². The minimum atomic E-state index is 0.819. The summed E-state index contributed by atoms with van der Waals surface area (Å²) in [6.45, 7) is 9.09. The molecular weight excluding hydrogens is 220 g/mol. The molecule has 2 heteroatoms. The molecule has 102 valence electrons. The highest BCUT2D eigenvalue weighted by molar-refractivity contribution is 5.82. The van der Waals surface area contributed by atoms with Gasteiger partial charge in [-0.05, 0) is 31.0 Å². The first-order valence-corrected chi connectivity index (χ1v) is 7.08. The average molecular weight is 248 g/mol. The fourth-order valence-electron chi connectivity index (χ4n) is 1.61. The van der Waals surface area contributed by atoms with Gasteiger partial charge in [0.1, 0.15) is 0 Å². The summed E-state index contributed by atoms with van der Waals surface area (Å²) >= 11 is 0. The van der Waals surface area contributed by atoms with E-state index >= 15 is 0 Å². The second-order valence-corrected chi connectivity index (χ2v) is 3.90. The lowest BCUT2D eigenvalue weighted by molar-refractivity contribution is 0.929. The Labute approximate surface area is 112 Å². The maximum atomic E-state index is 5.03. The third kappa shape index (κ3) is 5.37. The lowest BCUT2D eigenvalue weighted by Gasteiger charge is -1.93. The number of nitrogens with one attached hydrogen (secondary N) is 1. The molecule has 0 atom stereocenters. The fraction of sp³-hybridized carbons (Fsp3) is 0.500. The number of para-hydroxylation sites is 1. The quantitative estimate of drug-likeness (QED) is 0.825. The second-order valence-electron chi connectivity index (χ2n) is 3.90. The number of aryl methyl sites for hydroxylation is 1. The number of benzene rings is 1. The summed E-state index contributed by atoms with van der Waals surface area (Å²) in [7, 11) is 0. The van der Waals surface area contributed by atoms with Gasteiger partial charge in [0.15, 0.2) is 0 Å². The van der Waals surface area contributed by atoms with Crippen molar-refractivity contribution in [3.63, 3.8) is 0 Å². The molecule has 0 aliphatic rings. The molecule has 0 bridgehead atoms. The summed E-state index contributed by atoms with van der Waals surface area (Å²) in [6, 6.07) is 8.45. The van der Waals surface area contributed by atoms with Crippen LogP contribution in [0.15, 0.2) is 30.5 Å². The zero-order valence-electron chi connectivity index (χ0n) is 12.3. The lowest BCUT2D eigenvalue weighted by Crippen LogP contribution is -1.93. The van der Waals surface area contributed by atoms with Crippen LogP contribution in [-0.2, 0) is 6.42 Å². The van der Waals surface area contributed by atoms with Crippen LogP contribution in [0.2, 0.25) is 0 Å². The van der Waals surface area contributed by atoms with Crippen molar-refractivity contribution in [3.05, 3.63) is 36.0 Å². The van der Waals surface area contributed by atoms with Gasteiger partial charge in [-0.2, -0.15) is 0 Å². The summed E-state index contributed by atoms with van der Waals surface area (Å²) in [6.07, 6.45) is 5.60. The van der Waals surface area contributed by atoms with E-state index in [4.69, 9.17) is 5.73 Å². The molecule has 2 nitrogen and oxygen atoms in total. The number of H-pyrrole nitrogens is 1. The van der Waals surface area contributed by atoms with E-state index in [1.807, 2.05) is 13.8 Å². The van der Waals surface area contributed by atoms with Gasteiger partial charge in [-0.3, -0.25) is 0 Å². The second kappa shape index (κ2) is 10.8. The molecule has 2 aromatic rings. The van der Waals surface area contributed by atoms with Crippen LogP contribution >= 0.6 is 0 Å². The van der Waals surface area contributed by atoms with E-state index in [0.29, 0.717) is 0 Å². The van der Waals surface area contributed by atoms with Crippen LogP contribution in [0.5, 0.6) is 0 Å². The zero-order valence-corrected chi connectivity index (χ0v) is 12.3. The molecule has 1 heterocycles. The number of rotatable bonds is 3. The average Bonchev–Trinajstić information content (AvgIpc) is 2.85. The van der Waals surface area contributed by atoms with Crippen molar-refractivity contribution < 1.29 is 0 Å². The minimum absolute atomic E-state index is 0.819. The molecule has 1 aromatic carbocycles. The number of nitrogens with two attached hydrogens (primary N) is 1. The van der Waals surface area contributed by atoms with Crippen LogP contribution in [0.4, 0.5) is 0 Å². The first-order chi connectivity index (χ1) is 8.83. The number of aromatic nitrogens is 1. The van der Waals surface area contributed by atoms with E-state index in [1.54, 1.807) is 0 Å². The van der Waals surface area contributed by atoms with Crippen molar-refractivity contribution in [2.75, 3.05) is 6.54 Å². The summed E-state index contributed by atoms with van der Waals surface area (Å²) in [5.74, 6) is 0. The van der Waals surface area contributed by atoms with E-state index in [0.717, 1.165) is 13.0 Å². The van der Waals surface area contributed by atoms with Crippen LogP contribution in [-0.4, -0.2) is 11.5 Å². The van der Waals surface area contributed by atoms with Gasteiger partial charge in [-0.25, -0.2) is 0 Å². The van der Waals surface area contributed by atoms with Gasteiger partial charge in [0.2, 0.25) is 0 Å². The summed E-state index contributed by atoms with van der Waals surface area (Å²) < 4.78 is 0. The van der Waals surface area contributed by atoms with Gasteiger partial charge in [0.05, 0.1) is 0 Å². The molecule has 3 N–H and O–H groups in total. The minimum Gasteiger partial charge on any atom is -0.361 e. The molecule has 1 aromatic heterocycles. The van der Waals surface area contributed by atoms with Crippen LogP contribution in [0, 0.1) is 0 Å². The highest BCUT2D eigenvalue weighted by Crippen LogP contribution is 2.18. The molecule has 0 aliphatic heterocycles. The standard InChI is InChI=1S/C11H13N.C3H9N.C2H6/c1-2-5-9-8-12-11-7-4-3-6-10(9)11;1-2-3-4;1-2/h3-4,6-8,12H,2,5H2,1H3;2-4H2,1H3;1-2H3. The molecule has 0 radical (unpaired) electrons. The summed E-state index contributed by atoms with van der Waals surface area (Å²) in [5.41, 5.74) is 7.72. The van der Waals surface area contributed by atoms with Gasteiger partial charge in [0.25, 0.3) is 0 Å². The van der Waals surface area contributed by atoms with E-state index < -0.39 is 0 Å². The third-order valence-electron chi connectivity index (χ3n) is 2.48. The molecule has 0 saturated heterocycles. The largest absolute Gasteiger partial charge is 0.361 e.